The fraction of sp³-hybridized carbons (Fsp3) is 0.324. The Labute approximate surface area is 291 Å². The maximum absolute atomic E-state index is 16.7. The Hall–Kier alpha value is -4.71. The van der Waals surface area contributed by atoms with E-state index in [1.54, 1.807) is 43.4 Å². The third-order valence-corrected chi connectivity index (χ3v) is 9.32. The molecule has 5 aromatic rings. The van der Waals surface area contributed by atoms with E-state index in [1.165, 1.54) is 19.1 Å². The van der Waals surface area contributed by atoms with Crippen LogP contribution in [0, 0.1) is 18.8 Å². The summed E-state index contributed by atoms with van der Waals surface area (Å²) in [4.78, 5) is 15.8. The third-order valence-electron chi connectivity index (χ3n) is 9.02. The van der Waals surface area contributed by atoms with E-state index in [4.69, 9.17) is 21.1 Å². The highest BCUT2D eigenvalue weighted by Crippen LogP contribution is 2.45. The molecule has 0 aliphatic carbocycles. The van der Waals surface area contributed by atoms with Gasteiger partial charge in [0.15, 0.2) is 5.82 Å². The van der Waals surface area contributed by atoms with Crippen LogP contribution in [0.15, 0.2) is 60.7 Å². The van der Waals surface area contributed by atoms with Gasteiger partial charge in [0, 0.05) is 31.1 Å². The zero-order valence-corrected chi connectivity index (χ0v) is 28.7. The zero-order valence-electron chi connectivity index (χ0n) is 27.9. The number of aryl methyl sites for hydroxylation is 1. The monoisotopic (exact) mass is 711 g/mol. The molecular weight excluding hydrogens is 677 g/mol. The largest absolute Gasteiger partial charge is 0.497 e. The van der Waals surface area contributed by atoms with Gasteiger partial charge in [-0.05, 0) is 86.2 Å². The van der Waals surface area contributed by atoms with Crippen LogP contribution in [0.3, 0.4) is 0 Å². The van der Waals surface area contributed by atoms with E-state index in [2.05, 4.69) is 15.0 Å². The summed E-state index contributed by atoms with van der Waals surface area (Å²) in [6.07, 6.45) is -3.53. The van der Waals surface area contributed by atoms with E-state index >= 15 is 4.39 Å². The Morgan fingerprint density at radius 1 is 0.880 bits per heavy atom. The van der Waals surface area contributed by atoms with Crippen LogP contribution in [0.2, 0.25) is 5.02 Å². The summed E-state index contributed by atoms with van der Waals surface area (Å²) in [5.41, 5.74) is -1.53. The Morgan fingerprint density at radius 3 is 2.02 bits per heavy atom. The number of benzene rings is 3. The summed E-state index contributed by atoms with van der Waals surface area (Å²) in [5.74, 6) is 0.350. The number of aromatic nitrogens is 3. The number of pyridine rings is 1. The first-order valence-corrected chi connectivity index (χ1v) is 16.5. The van der Waals surface area contributed by atoms with Crippen molar-refractivity contribution in [2.24, 2.45) is 0 Å². The molecule has 3 aromatic carbocycles. The lowest BCUT2D eigenvalue weighted by atomic mass is 9.98. The predicted octanol–water partition coefficient (Wildman–Crippen LogP) is 9.55. The van der Waals surface area contributed by atoms with Crippen LogP contribution in [0.1, 0.15) is 48.4 Å². The van der Waals surface area contributed by atoms with Gasteiger partial charge in [-0.1, -0.05) is 35.9 Å². The number of hydrogen-bond donors (Lipinski definition) is 0. The molecule has 0 spiro atoms. The van der Waals surface area contributed by atoms with Gasteiger partial charge in [-0.15, -0.1) is 0 Å². The average Bonchev–Trinajstić information content (AvgIpc) is 3.08. The Balaban J connectivity index is 1.54. The van der Waals surface area contributed by atoms with Gasteiger partial charge in [-0.25, -0.2) is 9.37 Å². The number of hydrogen-bond acceptors (Lipinski definition) is 7. The van der Waals surface area contributed by atoms with Crippen LogP contribution in [-0.4, -0.2) is 41.8 Å². The molecule has 6 rings (SSSR count). The number of fused-ring (bicyclic) bond motifs is 1. The van der Waals surface area contributed by atoms with Crippen molar-refractivity contribution in [1.29, 1.82) is 0 Å². The molecule has 1 atom stereocenters. The molecule has 2 aromatic heterocycles. The summed E-state index contributed by atoms with van der Waals surface area (Å²) in [5, 5.41) is -0.226. The van der Waals surface area contributed by atoms with Crippen molar-refractivity contribution in [2.45, 2.75) is 58.4 Å². The number of alkyl halides is 3. The van der Waals surface area contributed by atoms with Crippen molar-refractivity contribution in [3.8, 4) is 22.8 Å². The second kappa shape index (κ2) is 14.3. The van der Waals surface area contributed by atoms with Gasteiger partial charge in [0.05, 0.1) is 36.1 Å². The van der Waals surface area contributed by atoms with E-state index in [0.717, 1.165) is 30.4 Å². The first-order valence-electron chi connectivity index (χ1n) is 16.1. The summed E-state index contributed by atoms with van der Waals surface area (Å²) >= 11 is 6.70. The highest BCUT2D eigenvalue weighted by Gasteiger charge is 2.39. The van der Waals surface area contributed by atoms with E-state index in [9.17, 15) is 17.6 Å². The molecule has 3 heterocycles. The van der Waals surface area contributed by atoms with Crippen LogP contribution in [0.5, 0.6) is 11.5 Å². The molecule has 1 saturated heterocycles. The predicted molar refractivity (Wildman–Crippen MR) is 184 cm³/mol. The van der Waals surface area contributed by atoms with Crippen LogP contribution in [-0.2, 0) is 19.3 Å². The van der Waals surface area contributed by atoms with Crippen LogP contribution < -0.4 is 19.3 Å². The van der Waals surface area contributed by atoms with Gasteiger partial charge in [0.2, 0.25) is 0 Å². The lowest BCUT2D eigenvalue weighted by Crippen LogP contribution is -2.38. The third kappa shape index (κ3) is 7.12. The zero-order chi connectivity index (χ0) is 35.7. The average molecular weight is 712 g/mol. The number of nitrogens with zero attached hydrogens (tertiary/aromatic N) is 5. The van der Waals surface area contributed by atoms with E-state index in [1.807, 2.05) is 36.1 Å². The van der Waals surface area contributed by atoms with Crippen molar-refractivity contribution in [2.75, 3.05) is 30.6 Å². The molecule has 0 unspecified atom stereocenters. The normalized spacial score (nSPS) is 15.0. The van der Waals surface area contributed by atoms with Crippen LogP contribution >= 0.6 is 11.6 Å². The van der Waals surface area contributed by atoms with Crippen molar-refractivity contribution < 1.29 is 31.4 Å². The Morgan fingerprint density at radius 2 is 1.48 bits per heavy atom. The number of methoxy groups -OCH3 is 2. The summed E-state index contributed by atoms with van der Waals surface area (Å²) in [7, 11) is 3.10. The standard InChI is InChI=1S/C37H35ClF5N5O2/c1-21-17-29(47(19-23-8-12-25(49-3)13-9-23)20-24-10-14-26(50-4)15-11-24)44-34(31(21)37(41,42)43)30-28(38)18-27-33(32(30)39)45-36(40)46-35(27)48-16-6-5-7-22(48)2/h8-15,17-18,22H,5-7,16,19-20H2,1-4H3/t22-/m0/s1. The number of ether oxygens (including phenoxy) is 2. The van der Waals surface area contributed by atoms with Gasteiger partial charge in [0.25, 0.3) is 0 Å². The molecule has 0 N–H and O–H groups in total. The van der Waals surface area contributed by atoms with Crippen molar-refractivity contribution >= 4 is 34.1 Å². The molecule has 0 bridgehead atoms. The van der Waals surface area contributed by atoms with Crippen LogP contribution in [0.25, 0.3) is 22.2 Å². The molecule has 1 aliphatic rings. The fourth-order valence-corrected chi connectivity index (χ4v) is 6.76. The highest BCUT2D eigenvalue weighted by atomic mass is 35.5. The van der Waals surface area contributed by atoms with Crippen LogP contribution in [0.4, 0.5) is 33.6 Å². The minimum absolute atomic E-state index is 0.0250. The fourth-order valence-electron chi connectivity index (χ4n) is 6.48. The maximum Gasteiger partial charge on any atom is 0.418 e. The van der Waals surface area contributed by atoms with Gasteiger partial charge in [0.1, 0.15) is 28.7 Å². The van der Waals surface area contributed by atoms with E-state index in [0.29, 0.717) is 18.0 Å². The highest BCUT2D eigenvalue weighted by molar-refractivity contribution is 6.34. The Kier molecular flexibility index (Phi) is 10.0. The number of halogens is 6. The Bertz CT molecular complexity index is 1960. The smallest absolute Gasteiger partial charge is 0.418 e. The molecule has 50 heavy (non-hydrogen) atoms. The number of rotatable bonds is 9. The molecule has 1 aliphatic heterocycles. The minimum Gasteiger partial charge on any atom is -0.497 e. The molecule has 0 amide bonds. The first kappa shape index (κ1) is 35.1. The second-order valence-corrected chi connectivity index (χ2v) is 12.8. The molecule has 262 valence electrons. The van der Waals surface area contributed by atoms with Gasteiger partial charge in [-0.3, -0.25) is 0 Å². The maximum atomic E-state index is 16.7. The van der Waals surface area contributed by atoms with Gasteiger partial charge in [-0.2, -0.15) is 27.5 Å². The van der Waals surface area contributed by atoms with Gasteiger partial charge >= 0.3 is 12.3 Å². The summed E-state index contributed by atoms with van der Waals surface area (Å²) in [6, 6.07) is 17.1. The van der Waals surface area contributed by atoms with Crippen molar-refractivity contribution in [3.05, 3.63) is 99.8 Å². The second-order valence-electron chi connectivity index (χ2n) is 12.4. The molecule has 7 nitrogen and oxygen atoms in total. The quantitative estimate of drug-likeness (QED) is 0.112. The number of anilines is 2. The topological polar surface area (TPSA) is 63.6 Å². The van der Waals surface area contributed by atoms with E-state index in [-0.39, 0.29) is 46.7 Å². The molecular formula is C37H35ClF5N5O2. The molecule has 0 radical (unpaired) electrons. The first-order chi connectivity index (χ1) is 23.9. The summed E-state index contributed by atoms with van der Waals surface area (Å²) < 4.78 is 86.7. The molecule has 13 heteroatoms. The van der Waals surface area contributed by atoms with Gasteiger partial charge < -0.3 is 19.3 Å². The number of piperidine rings is 1. The molecule has 1 fully saturated rings. The SMILES string of the molecule is COc1ccc(CN(Cc2ccc(OC)cc2)c2cc(C)c(C(F)(F)F)c(-c3c(Cl)cc4c(N5CCCC[C@@H]5C)nc(F)nc4c3F)n2)cc1. The lowest BCUT2D eigenvalue weighted by Gasteiger charge is -2.35. The van der Waals surface area contributed by atoms with Crippen molar-refractivity contribution in [1.82, 2.24) is 15.0 Å². The van der Waals surface area contributed by atoms with Crippen molar-refractivity contribution in [3.63, 3.8) is 0 Å². The molecule has 0 saturated carbocycles. The van der Waals surface area contributed by atoms with E-state index < -0.39 is 40.4 Å². The minimum atomic E-state index is -4.93. The summed E-state index contributed by atoms with van der Waals surface area (Å²) in [6.45, 7) is 4.26. The lowest BCUT2D eigenvalue weighted by molar-refractivity contribution is -0.137.